The van der Waals surface area contributed by atoms with E-state index in [1.54, 1.807) is 0 Å². The molecule has 0 aliphatic carbocycles. The first-order valence-corrected chi connectivity index (χ1v) is 7.36. The molecule has 0 radical (unpaired) electrons. The smallest absolute Gasteiger partial charge is 0.0702 e. The first-order chi connectivity index (χ1) is 10.4. The molecule has 1 N–H and O–H groups in total. The average Bonchev–Trinajstić information content (AvgIpc) is 2.56. The van der Waals surface area contributed by atoms with E-state index in [4.69, 9.17) is 0 Å². The lowest BCUT2D eigenvalue weighted by Gasteiger charge is -2.19. The molecule has 3 rings (SSSR count). The molecule has 1 atom stereocenters. The van der Waals surface area contributed by atoms with Crippen molar-refractivity contribution in [2.75, 3.05) is 6.54 Å². The molecule has 2 heterocycles. The summed E-state index contributed by atoms with van der Waals surface area (Å²) >= 11 is 0. The van der Waals surface area contributed by atoms with Crippen LogP contribution in [0.25, 0.3) is 10.9 Å². The fourth-order valence-corrected chi connectivity index (χ4v) is 2.55. The van der Waals surface area contributed by atoms with Gasteiger partial charge in [-0.25, -0.2) is 0 Å². The van der Waals surface area contributed by atoms with Crippen molar-refractivity contribution in [1.82, 2.24) is 15.3 Å². The van der Waals surface area contributed by atoms with Crippen molar-refractivity contribution in [3.8, 4) is 0 Å². The summed E-state index contributed by atoms with van der Waals surface area (Å²) in [4.78, 5) is 8.50. The van der Waals surface area contributed by atoms with Crippen LogP contribution in [0.2, 0.25) is 0 Å². The fraction of sp³-hybridized carbons (Fsp3) is 0.222. The van der Waals surface area contributed by atoms with Crippen LogP contribution in [0.4, 0.5) is 0 Å². The number of aromatic nitrogens is 2. The first-order valence-electron chi connectivity index (χ1n) is 7.36. The molecule has 0 saturated heterocycles. The molecule has 3 nitrogen and oxygen atoms in total. The first kappa shape index (κ1) is 13.7. The number of pyridine rings is 2. The monoisotopic (exact) mass is 277 g/mol. The SMILES string of the molecule is CCCNC(c1ccncc1)c1ccc2ncccc2c1. The minimum atomic E-state index is 0.192. The van der Waals surface area contributed by atoms with Gasteiger partial charge in [-0.2, -0.15) is 0 Å². The van der Waals surface area contributed by atoms with Crippen LogP contribution in [0.1, 0.15) is 30.5 Å². The third-order valence-electron chi connectivity index (χ3n) is 3.60. The van der Waals surface area contributed by atoms with Crippen molar-refractivity contribution in [3.05, 3.63) is 72.2 Å². The summed E-state index contributed by atoms with van der Waals surface area (Å²) in [7, 11) is 0. The zero-order chi connectivity index (χ0) is 14.5. The maximum atomic E-state index is 4.39. The summed E-state index contributed by atoms with van der Waals surface area (Å²) in [6, 6.07) is 14.9. The zero-order valence-corrected chi connectivity index (χ0v) is 12.2. The van der Waals surface area contributed by atoms with Crippen molar-refractivity contribution in [2.24, 2.45) is 0 Å². The van der Waals surface area contributed by atoms with Gasteiger partial charge in [0.15, 0.2) is 0 Å². The van der Waals surface area contributed by atoms with E-state index in [1.807, 2.05) is 24.7 Å². The Morgan fingerprint density at radius 3 is 2.67 bits per heavy atom. The average molecular weight is 277 g/mol. The normalized spacial score (nSPS) is 12.4. The molecule has 0 amide bonds. The summed E-state index contributed by atoms with van der Waals surface area (Å²) in [6.07, 6.45) is 6.63. The van der Waals surface area contributed by atoms with E-state index >= 15 is 0 Å². The molecule has 3 aromatic rings. The van der Waals surface area contributed by atoms with E-state index in [2.05, 4.69) is 58.6 Å². The van der Waals surface area contributed by atoms with Gasteiger partial charge in [-0.15, -0.1) is 0 Å². The Morgan fingerprint density at radius 1 is 1.00 bits per heavy atom. The molecule has 0 aliphatic heterocycles. The number of rotatable bonds is 5. The largest absolute Gasteiger partial charge is 0.306 e. The lowest BCUT2D eigenvalue weighted by Crippen LogP contribution is -2.23. The van der Waals surface area contributed by atoms with E-state index in [-0.39, 0.29) is 6.04 Å². The molecule has 3 heteroatoms. The van der Waals surface area contributed by atoms with Crippen LogP contribution < -0.4 is 5.32 Å². The second-order valence-electron chi connectivity index (χ2n) is 5.12. The molecule has 1 unspecified atom stereocenters. The van der Waals surface area contributed by atoms with Gasteiger partial charge in [-0.1, -0.05) is 19.1 Å². The van der Waals surface area contributed by atoms with Crippen molar-refractivity contribution < 1.29 is 0 Å². The quantitative estimate of drug-likeness (QED) is 0.772. The maximum Gasteiger partial charge on any atom is 0.0702 e. The predicted molar refractivity (Wildman–Crippen MR) is 86.1 cm³/mol. The van der Waals surface area contributed by atoms with E-state index in [0.717, 1.165) is 18.5 Å². The van der Waals surface area contributed by atoms with Gasteiger partial charge in [0.2, 0.25) is 0 Å². The Bertz CT molecular complexity index is 710. The maximum absolute atomic E-state index is 4.39. The highest BCUT2D eigenvalue weighted by atomic mass is 14.9. The Morgan fingerprint density at radius 2 is 1.86 bits per heavy atom. The van der Waals surface area contributed by atoms with Crippen molar-refractivity contribution in [2.45, 2.75) is 19.4 Å². The molecule has 0 spiro atoms. The Kier molecular flexibility index (Phi) is 4.22. The molecule has 0 saturated carbocycles. The standard InChI is InChI=1S/C18H19N3/c1-2-9-21-18(14-7-11-19-12-8-14)16-5-6-17-15(13-16)4-3-10-20-17/h3-8,10-13,18,21H,2,9H2,1H3. The summed E-state index contributed by atoms with van der Waals surface area (Å²) in [5.74, 6) is 0. The van der Waals surface area contributed by atoms with Crippen LogP contribution >= 0.6 is 0 Å². The van der Waals surface area contributed by atoms with E-state index in [0.29, 0.717) is 0 Å². The van der Waals surface area contributed by atoms with Gasteiger partial charge in [0, 0.05) is 24.0 Å². The van der Waals surface area contributed by atoms with Crippen LogP contribution in [0.15, 0.2) is 61.1 Å². The number of benzene rings is 1. The third kappa shape index (κ3) is 3.09. The highest BCUT2D eigenvalue weighted by molar-refractivity contribution is 5.79. The number of hydrogen-bond acceptors (Lipinski definition) is 3. The highest BCUT2D eigenvalue weighted by Gasteiger charge is 2.13. The summed E-state index contributed by atoms with van der Waals surface area (Å²) in [6.45, 7) is 3.17. The van der Waals surface area contributed by atoms with Gasteiger partial charge in [0.1, 0.15) is 0 Å². The van der Waals surface area contributed by atoms with Crippen LogP contribution in [0.5, 0.6) is 0 Å². The van der Waals surface area contributed by atoms with Gasteiger partial charge < -0.3 is 5.32 Å². The molecule has 0 fully saturated rings. The number of nitrogens with zero attached hydrogens (tertiary/aromatic N) is 2. The summed E-state index contributed by atoms with van der Waals surface area (Å²) in [5, 5.41) is 4.79. The minimum absolute atomic E-state index is 0.192. The lowest BCUT2D eigenvalue weighted by atomic mass is 9.98. The molecule has 106 valence electrons. The highest BCUT2D eigenvalue weighted by Crippen LogP contribution is 2.24. The summed E-state index contributed by atoms with van der Waals surface area (Å²) < 4.78 is 0. The molecular formula is C18H19N3. The van der Waals surface area contributed by atoms with E-state index in [1.165, 1.54) is 16.5 Å². The molecule has 0 bridgehead atoms. The molecule has 1 aromatic carbocycles. The second kappa shape index (κ2) is 6.46. The van der Waals surface area contributed by atoms with Crippen molar-refractivity contribution in [3.63, 3.8) is 0 Å². The lowest BCUT2D eigenvalue weighted by molar-refractivity contribution is 0.598. The van der Waals surface area contributed by atoms with Gasteiger partial charge in [-0.05, 0) is 54.4 Å². The van der Waals surface area contributed by atoms with E-state index in [9.17, 15) is 0 Å². The van der Waals surface area contributed by atoms with Crippen LogP contribution in [0.3, 0.4) is 0 Å². The molecule has 21 heavy (non-hydrogen) atoms. The Labute approximate surface area is 125 Å². The van der Waals surface area contributed by atoms with Crippen molar-refractivity contribution in [1.29, 1.82) is 0 Å². The van der Waals surface area contributed by atoms with Crippen molar-refractivity contribution >= 4 is 10.9 Å². The second-order valence-corrected chi connectivity index (χ2v) is 5.12. The number of fused-ring (bicyclic) bond motifs is 1. The topological polar surface area (TPSA) is 37.8 Å². The Hall–Kier alpha value is -2.26. The Balaban J connectivity index is 2.01. The fourth-order valence-electron chi connectivity index (χ4n) is 2.55. The van der Waals surface area contributed by atoms with Gasteiger partial charge >= 0.3 is 0 Å². The van der Waals surface area contributed by atoms with Gasteiger partial charge in [0.05, 0.1) is 11.6 Å². The predicted octanol–water partition coefficient (Wildman–Crippen LogP) is 3.72. The summed E-state index contributed by atoms with van der Waals surface area (Å²) in [5.41, 5.74) is 3.53. The number of nitrogens with one attached hydrogen (secondary N) is 1. The number of hydrogen-bond donors (Lipinski definition) is 1. The molecule has 2 aromatic heterocycles. The third-order valence-corrected chi connectivity index (χ3v) is 3.60. The van der Waals surface area contributed by atoms with E-state index < -0.39 is 0 Å². The van der Waals surface area contributed by atoms with Crippen LogP contribution in [-0.4, -0.2) is 16.5 Å². The molecule has 0 aliphatic rings. The zero-order valence-electron chi connectivity index (χ0n) is 12.2. The van der Waals surface area contributed by atoms with Crippen LogP contribution in [-0.2, 0) is 0 Å². The molecular weight excluding hydrogens is 258 g/mol. The van der Waals surface area contributed by atoms with Gasteiger partial charge in [0.25, 0.3) is 0 Å². The minimum Gasteiger partial charge on any atom is -0.306 e. The van der Waals surface area contributed by atoms with Gasteiger partial charge in [-0.3, -0.25) is 9.97 Å². The van der Waals surface area contributed by atoms with Crippen LogP contribution in [0, 0.1) is 0 Å².